The Balaban J connectivity index is 1.54. The quantitative estimate of drug-likeness (QED) is 0.888. The summed E-state index contributed by atoms with van der Waals surface area (Å²) in [7, 11) is 0. The molecule has 1 aliphatic heterocycles. The van der Waals surface area contributed by atoms with Crippen LogP contribution in [0.2, 0.25) is 0 Å². The first-order chi connectivity index (χ1) is 10.6. The van der Waals surface area contributed by atoms with Gasteiger partial charge in [0.05, 0.1) is 43.4 Å². The average molecular weight is 303 g/mol. The van der Waals surface area contributed by atoms with E-state index in [2.05, 4.69) is 20.2 Å². The summed E-state index contributed by atoms with van der Waals surface area (Å²) < 4.78 is 7.60. The zero-order chi connectivity index (χ0) is 15.5. The number of carbonyl (C=O) groups excluding carboxylic acids is 1. The van der Waals surface area contributed by atoms with Crippen LogP contribution in [0.1, 0.15) is 19.5 Å². The topological polar surface area (TPSA) is 71.8 Å². The summed E-state index contributed by atoms with van der Waals surface area (Å²) in [6, 6.07) is 0. The van der Waals surface area contributed by atoms with Gasteiger partial charge in [-0.2, -0.15) is 0 Å². The predicted octanol–water partition coefficient (Wildman–Crippen LogP) is 0.455. The van der Waals surface area contributed by atoms with Crippen LogP contribution in [0.5, 0.6) is 0 Å². The number of imidazole rings is 1. The molecular formula is C15H21N5O2. The Kier molecular flexibility index (Phi) is 4.35. The molecule has 1 saturated heterocycles. The maximum Gasteiger partial charge on any atom is 0.234 e. The van der Waals surface area contributed by atoms with Gasteiger partial charge in [-0.3, -0.25) is 19.1 Å². The van der Waals surface area contributed by atoms with Gasteiger partial charge >= 0.3 is 0 Å². The fourth-order valence-corrected chi connectivity index (χ4v) is 2.89. The number of aromatic nitrogens is 3. The van der Waals surface area contributed by atoms with E-state index in [-0.39, 0.29) is 18.1 Å². The molecule has 2 aromatic rings. The van der Waals surface area contributed by atoms with Crippen LogP contribution in [0.25, 0.3) is 5.65 Å². The summed E-state index contributed by atoms with van der Waals surface area (Å²) in [5.74, 6) is 0.0188. The lowest BCUT2D eigenvalue weighted by molar-refractivity contribution is -0.126. The van der Waals surface area contributed by atoms with Crippen molar-refractivity contribution in [3.8, 4) is 0 Å². The van der Waals surface area contributed by atoms with E-state index in [1.165, 1.54) is 0 Å². The van der Waals surface area contributed by atoms with Crippen LogP contribution in [0.15, 0.2) is 24.8 Å². The maximum atomic E-state index is 12.1. The number of fused-ring (bicyclic) bond motifs is 1. The van der Waals surface area contributed by atoms with Crippen LogP contribution in [0.3, 0.4) is 0 Å². The lowest BCUT2D eigenvalue weighted by atomic mass is 10.2. The smallest absolute Gasteiger partial charge is 0.234 e. The summed E-state index contributed by atoms with van der Waals surface area (Å²) in [5, 5.41) is 2.95. The van der Waals surface area contributed by atoms with Crippen LogP contribution >= 0.6 is 0 Å². The van der Waals surface area contributed by atoms with Crippen LogP contribution in [-0.2, 0) is 16.1 Å². The van der Waals surface area contributed by atoms with Crippen LogP contribution < -0.4 is 5.32 Å². The van der Waals surface area contributed by atoms with Crippen molar-refractivity contribution in [2.24, 2.45) is 0 Å². The van der Waals surface area contributed by atoms with E-state index in [4.69, 9.17) is 4.74 Å². The maximum absolute atomic E-state index is 12.1. The number of hydrogen-bond acceptors (Lipinski definition) is 5. The van der Waals surface area contributed by atoms with Crippen molar-refractivity contribution in [3.05, 3.63) is 30.5 Å². The normalized spacial score (nSPS) is 22.8. The highest BCUT2D eigenvalue weighted by Gasteiger charge is 2.23. The number of amides is 1. The minimum atomic E-state index is 0.0188. The van der Waals surface area contributed by atoms with Gasteiger partial charge in [0.1, 0.15) is 0 Å². The van der Waals surface area contributed by atoms with Gasteiger partial charge in [0.25, 0.3) is 0 Å². The number of carbonyl (C=O) groups is 1. The Labute approximate surface area is 129 Å². The number of hydrogen-bond donors (Lipinski definition) is 1. The largest absolute Gasteiger partial charge is 0.373 e. The minimum absolute atomic E-state index is 0.0188. The van der Waals surface area contributed by atoms with Crippen molar-refractivity contribution in [3.63, 3.8) is 0 Å². The molecule has 22 heavy (non-hydrogen) atoms. The number of nitrogens with one attached hydrogen (secondary N) is 1. The molecule has 3 heterocycles. The molecule has 0 spiro atoms. The second-order valence-electron chi connectivity index (χ2n) is 5.78. The van der Waals surface area contributed by atoms with E-state index in [1.807, 2.05) is 24.4 Å². The molecule has 3 rings (SSSR count). The first-order valence-electron chi connectivity index (χ1n) is 7.52. The van der Waals surface area contributed by atoms with E-state index < -0.39 is 0 Å². The third kappa shape index (κ3) is 3.42. The Bertz CT molecular complexity index is 646. The number of rotatable bonds is 4. The van der Waals surface area contributed by atoms with Gasteiger partial charge in [-0.05, 0) is 13.8 Å². The van der Waals surface area contributed by atoms with Gasteiger partial charge in [-0.25, -0.2) is 4.98 Å². The fraction of sp³-hybridized carbons (Fsp3) is 0.533. The lowest BCUT2D eigenvalue weighted by Gasteiger charge is -2.34. The van der Waals surface area contributed by atoms with E-state index in [9.17, 15) is 4.79 Å². The van der Waals surface area contributed by atoms with Gasteiger partial charge in [0.15, 0.2) is 5.65 Å². The number of morpholine rings is 1. The Morgan fingerprint density at radius 2 is 2.14 bits per heavy atom. The van der Waals surface area contributed by atoms with Crippen molar-refractivity contribution >= 4 is 11.6 Å². The second-order valence-corrected chi connectivity index (χ2v) is 5.78. The Morgan fingerprint density at radius 3 is 2.91 bits per heavy atom. The van der Waals surface area contributed by atoms with Crippen LogP contribution in [-0.4, -0.2) is 57.0 Å². The molecule has 0 aliphatic carbocycles. The molecule has 0 aromatic carbocycles. The van der Waals surface area contributed by atoms with Crippen LogP contribution in [0.4, 0.5) is 0 Å². The molecule has 1 aliphatic rings. The summed E-state index contributed by atoms with van der Waals surface area (Å²) in [5.41, 5.74) is 1.72. The standard InChI is InChI=1S/C15H21N5O2/c1-11-8-19(9-12(2)22-11)10-15(21)18-6-13-5-17-14-7-16-3-4-20(13)14/h3-5,7,11-12H,6,8-10H2,1-2H3,(H,18,21)/t11-,12+. The van der Waals surface area contributed by atoms with Gasteiger partial charge < -0.3 is 10.1 Å². The highest BCUT2D eigenvalue weighted by molar-refractivity contribution is 5.78. The van der Waals surface area contributed by atoms with Gasteiger partial charge in [0, 0.05) is 25.5 Å². The molecule has 118 valence electrons. The molecule has 1 N–H and O–H groups in total. The zero-order valence-electron chi connectivity index (χ0n) is 12.9. The molecule has 0 unspecified atom stereocenters. The van der Waals surface area contributed by atoms with Crippen molar-refractivity contribution in [1.29, 1.82) is 0 Å². The molecule has 7 nitrogen and oxygen atoms in total. The molecule has 0 saturated carbocycles. The summed E-state index contributed by atoms with van der Waals surface area (Å²) in [6.45, 7) is 6.51. The first-order valence-corrected chi connectivity index (χ1v) is 7.52. The summed E-state index contributed by atoms with van der Waals surface area (Å²) in [6.07, 6.45) is 7.34. The van der Waals surface area contributed by atoms with Crippen molar-refractivity contribution in [2.75, 3.05) is 19.6 Å². The van der Waals surface area contributed by atoms with E-state index in [0.717, 1.165) is 24.4 Å². The molecule has 7 heteroatoms. The van der Waals surface area contributed by atoms with Gasteiger partial charge in [-0.15, -0.1) is 0 Å². The summed E-state index contributed by atoms with van der Waals surface area (Å²) >= 11 is 0. The Morgan fingerprint density at radius 1 is 1.36 bits per heavy atom. The third-order valence-electron chi connectivity index (χ3n) is 3.72. The Hall–Kier alpha value is -1.99. The first kappa shape index (κ1) is 14.9. The molecule has 0 radical (unpaired) electrons. The SMILES string of the molecule is C[C@@H]1CN(CC(=O)NCc2cnc3cnccn23)C[C@H](C)O1. The van der Waals surface area contributed by atoms with Gasteiger partial charge in [0.2, 0.25) is 5.91 Å². The minimum Gasteiger partial charge on any atom is -0.373 e. The predicted molar refractivity (Wildman–Crippen MR) is 81.3 cm³/mol. The van der Waals surface area contributed by atoms with Crippen molar-refractivity contribution in [1.82, 2.24) is 24.6 Å². The molecule has 2 atom stereocenters. The lowest BCUT2D eigenvalue weighted by Crippen LogP contribution is -2.49. The molecule has 0 bridgehead atoms. The molecular weight excluding hydrogens is 282 g/mol. The highest BCUT2D eigenvalue weighted by Crippen LogP contribution is 2.10. The van der Waals surface area contributed by atoms with Gasteiger partial charge in [-0.1, -0.05) is 0 Å². The van der Waals surface area contributed by atoms with E-state index in [0.29, 0.717) is 13.1 Å². The average Bonchev–Trinajstić information content (AvgIpc) is 2.87. The molecule has 1 fully saturated rings. The van der Waals surface area contributed by atoms with Crippen molar-refractivity contribution < 1.29 is 9.53 Å². The highest BCUT2D eigenvalue weighted by atomic mass is 16.5. The van der Waals surface area contributed by atoms with Crippen LogP contribution in [0, 0.1) is 0 Å². The number of nitrogens with zero attached hydrogens (tertiary/aromatic N) is 4. The summed E-state index contributed by atoms with van der Waals surface area (Å²) in [4.78, 5) is 22.5. The zero-order valence-corrected chi connectivity index (χ0v) is 12.9. The second kappa shape index (κ2) is 6.41. The molecule has 1 amide bonds. The monoisotopic (exact) mass is 303 g/mol. The van der Waals surface area contributed by atoms with E-state index >= 15 is 0 Å². The fourth-order valence-electron chi connectivity index (χ4n) is 2.89. The molecule has 2 aromatic heterocycles. The number of ether oxygens (including phenoxy) is 1. The van der Waals surface area contributed by atoms with E-state index in [1.54, 1.807) is 18.6 Å². The van der Waals surface area contributed by atoms with Crippen molar-refractivity contribution in [2.45, 2.75) is 32.6 Å². The third-order valence-corrected chi connectivity index (χ3v) is 3.72.